The molecule has 0 aliphatic rings. The van der Waals surface area contributed by atoms with E-state index in [1.807, 2.05) is 0 Å². The molecule has 0 aliphatic carbocycles. The van der Waals surface area contributed by atoms with Crippen LogP contribution in [-0.4, -0.2) is 8.07 Å². The van der Waals surface area contributed by atoms with E-state index in [4.69, 9.17) is 0 Å². The topological polar surface area (TPSA) is 0 Å². The van der Waals surface area contributed by atoms with E-state index in [0.29, 0.717) is 0 Å². The zero-order valence-corrected chi connectivity index (χ0v) is 36.3. The van der Waals surface area contributed by atoms with Crippen LogP contribution in [0.5, 0.6) is 0 Å². The van der Waals surface area contributed by atoms with Crippen molar-refractivity contribution >= 4 is 28.8 Å². The summed E-state index contributed by atoms with van der Waals surface area (Å²) in [5, 5.41) is 5.82. The first-order valence-corrected chi connectivity index (χ1v) is 19.4. The zero-order chi connectivity index (χ0) is 34.3. The Morgan fingerprint density at radius 1 is 0.358 bits per heavy atom. The number of aryl methyl sites for hydroxylation is 3. The quantitative estimate of drug-likeness (QED) is 0.128. The molecule has 0 radical (unpaired) electrons. The molecule has 53 heavy (non-hydrogen) atoms. The zero-order valence-electron chi connectivity index (χ0n) is 31.5. The molecule has 0 amide bonds. The molecule has 0 bridgehead atoms. The van der Waals surface area contributed by atoms with E-state index >= 15 is 0 Å². The van der Waals surface area contributed by atoms with Gasteiger partial charge in [0.05, 0.1) is 0 Å². The molecule has 0 nitrogen and oxygen atoms in total. The number of halogens is 3. The van der Waals surface area contributed by atoms with E-state index in [2.05, 4.69) is 194 Å². The Balaban J connectivity index is 0.00000189. The molecule has 266 valence electrons. The Kier molecular flexibility index (Phi) is 15.1. The predicted octanol–water partition coefficient (Wildman–Crippen LogP) is 0.952. The van der Waals surface area contributed by atoms with Crippen molar-refractivity contribution < 1.29 is 58.9 Å². The van der Waals surface area contributed by atoms with Crippen LogP contribution in [0.15, 0.2) is 146 Å². The van der Waals surface area contributed by atoms with Crippen LogP contribution in [0.3, 0.4) is 0 Å². The molecule has 0 heterocycles. The minimum atomic E-state index is -3.15. The summed E-state index contributed by atoms with van der Waals surface area (Å²) in [7, 11) is -3.15. The molecule has 0 spiro atoms. The van der Waals surface area contributed by atoms with Gasteiger partial charge in [-0.2, -0.15) is 22.3 Å². The molecule has 7 aromatic rings. The monoisotopic (exact) mass is 802 g/mol. The van der Waals surface area contributed by atoms with Crippen LogP contribution in [0, 0.1) is 48.5 Å². The molecule has 0 unspecified atom stereocenters. The summed E-state index contributed by atoms with van der Waals surface area (Å²) in [5.74, 6) is 0. The van der Waals surface area contributed by atoms with Gasteiger partial charge in [0.1, 0.15) is 8.07 Å². The van der Waals surface area contributed by atoms with E-state index in [1.54, 1.807) is 0 Å². The molecule has 0 saturated carbocycles. The Morgan fingerprint density at radius 3 is 0.887 bits per heavy atom. The van der Waals surface area contributed by atoms with Crippen molar-refractivity contribution in [2.24, 2.45) is 0 Å². The summed E-state index contributed by atoms with van der Waals surface area (Å²) < 4.78 is 0. The van der Waals surface area contributed by atoms with Crippen molar-refractivity contribution in [2.45, 2.75) is 48.5 Å². The van der Waals surface area contributed by atoms with E-state index in [9.17, 15) is 0 Å². The van der Waals surface area contributed by atoms with E-state index < -0.39 is 8.07 Å². The smallest absolute Gasteiger partial charge is 1.00 e. The Morgan fingerprint density at radius 2 is 0.623 bits per heavy atom. The first kappa shape index (κ1) is 43.9. The van der Waals surface area contributed by atoms with Crippen molar-refractivity contribution in [1.29, 1.82) is 0 Å². The Labute approximate surface area is 351 Å². The predicted molar refractivity (Wildman–Crippen MR) is 215 cm³/mol. The maximum absolute atomic E-state index is 3.15. The molecule has 0 N–H and O–H groups in total. The molecule has 5 heteroatoms. The number of hydrogen-bond acceptors (Lipinski definition) is 0. The summed E-state index contributed by atoms with van der Waals surface area (Å²) in [6.45, 7) is 16.1. The first-order valence-electron chi connectivity index (χ1n) is 17.4. The van der Waals surface area contributed by atoms with Crippen molar-refractivity contribution in [3.63, 3.8) is 0 Å². The molecule has 0 aromatic heterocycles. The second-order valence-corrected chi connectivity index (χ2v) is 17.5. The van der Waals surface area contributed by atoms with Gasteiger partial charge in [-0.1, -0.05) is 190 Å². The van der Waals surface area contributed by atoms with Gasteiger partial charge < -0.3 is 37.2 Å². The fraction of sp³-hybridized carbons (Fsp3) is 0.146. The van der Waals surface area contributed by atoms with Gasteiger partial charge in [0, 0.05) is 0 Å². The van der Waals surface area contributed by atoms with E-state index in [0.717, 1.165) is 0 Å². The minimum Gasteiger partial charge on any atom is -1.00 e. The van der Waals surface area contributed by atoms with Crippen molar-refractivity contribution in [3.8, 4) is 33.4 Å². The van der Waals surface area contributed by atoms with Crippen molar-refractivity contribution in [3.05, 3.63) is 185 Å². The van der Waals surface area contributed by atoms with Crippen LogP contribution < -0.4 is 58.0 Å². The Hall–Kier alpha value is -3.53. The average Bonchev–Trinajstić information content (AvgIpc) is 3.32. The first-order chi connectivity index (χ1) is 23.7. The van der Waals surface area contributed by atoms with Gasteiger partial charge >= 0.3 is 21.7 Å². The number of benzene rings is 6. The SMILES string of the molecule is Cc1ccc([Si](c2ccc(C)cc2-c2ccccc2)(c2ccc(C)cc2-c2ccccc2)[c-]2c(C)c(C)c(C)c2C)c(-c2ccccc2)c1.[Cl-].[Cl-].[Cl-].[Ti+4]. The Bertz CT molecular complexity index is 2050. The van der Waals surface area contributed by atoms with Gasteiger partial charge in [0.2, 0.25) is 0 Å². The standard InChI is InChI=1S/C48H45Si.3ClH.Ti/c1-32-23-26-45(42(29-32)39-17-11-8-12-18-39)49(48-37(6)35(4)36(5)38(48)7,46-27-24-33(2)30-43(46)40-19-13-9-14-20-40)47-28-25-34(3)31-44(47)41-21-15-10-16-22-41;;;;/h8-31H,1-7H3;3*1H;/q-1;;;;+4/p-3. The molecule has 7 rings (SSSR count). The maximum atomic E-state index is 2.49. The van der Waals surface area contributed by atoms with Gasteiger partial charge in [-0.05, 0) is 69.7 Å². The van der Waals surface area contributed by atoms with Gasteiger partial charge in [-0.25, -0.2) is 0 Å². The maximum Gasteiger partial charge on any atom is 4.00 e. The molecular formula is C48H45Cl3SiTi. The van der Waals surface area contributed by atoms with E-state index in [-0.39, 0.29) is 58.9 Å². The summed E-state index contributed by atoms with van der Waals surface area (Å²) >= 11 is 0. The van der Waals surface area contributed by atoms with Crippen LogP contribution in [0.25, 0.3) is 33.4 Å². The van der Waals surface area contributed by atoms with Crippen LogP contribution in [-0.2, 0) is 21.7 Å². The van der Waals surface area contributed by atoms with Gasteiger partial charge in [0.15, 0.2) is 0 Å². The summed E-state index contributed by atoms with van der Waals surface area (Å²) in [6.07, 6.45) is 0. The normalized spacial score (nSPS) is 10.7. The van der Waals surface area contributed by atoms with Crippen molar-refractivity contribution in [1.82, 2.24) is 0 Å². The van der Waals surface area contributed by atoms with Crippen LogP contribution in [0.2, 0.25) is 0 Å². The second kappa shape index (κ2) is 18.2. The summed E-state index contributed by atoms with van der Waals surface area (Å²) in [6, 6.07) is 55.0. The molecule has 0 saturated heterocycles. The molecule has 0 atom stereocenters. The largest absolute Gasteiger partial charge is 4.00 e. The second-order valence-electron chi connectivity index (χ2n) is 13.9. The number of rotatable bonds is 7. The molecular weight excluding hydrogens is 759 g/mol. The van der Waals surface area contributed by atoms with Crippen molar-refractivity contribution in [2.75, 3.05) is 0 Å². The summed E-state index contributed by atoms with van der Waals surface area (Å²) in [4.78, 5) is 0. The van der Waals surface area contributed by atoms with Gasteiger partial charge in [-0.15, -0.1) is 5.19 Å². The third kappa shape index (κ3) is 7.85. The van der Waals surface area contributed by atoms with Crippen LogP contribution in [0.1, 0.15) is 38.9 Å². The third-order valence-electron chi connectivity index (χ3n) is 10.8. The average molecular weight is 804 g/mol. The van der Waals surface area contributed by atoms with Crippen LogP contribution >= 0.6 is 0 Å². The van der Waals surface area contributed by atoms with Crippen LogP contribution in [0.4, 0.5) is 0 Å². The molecule has 0 aliphatic heterocycles. The molecule has 0 fully saturated rings. The number of hydrogen-bond donors (Lipinski definition) is 0. The fourth-order valence-electron chi connectivity index (χ4n) is 8.15. The minimum absolute atomic E-state index is 0. The van der Waals surface area contributed by atoms with E-state index in [1.165, 1.54) is 93.1 Å². The molecule has 7 aromatic carbocycles. The van der Waals surface area contributed by atoms with Gasteiger partial charge in [0.25, 0.3) is 0 Å². The fourth-order valence-corrected chi connectivity index (χ4v) is 14.2. The third-order valence-corrected chi connectivity index (χ3v) is 16.0. The summed E-state index contributed by atoms with van der Waals surface area (Å²) in [5.41, 5.74) is 17.2. The van der Waals surface area contributed by atoms with Gasteiger partial charge in [-0.3, -0.25) is 0 Å².